The first-order chi connectivity index (χ1) is 11.5. The largest absolute Gasteiger partial charge is 0.416 e. The van der Waals surface area contributed by atoms with Crippen LogP contribution in [0.15, 0.2) is 29.3 Å². The third-order valence-corrected chi connectivity index (χ3v) is 4.33. The molecule has 1 unspecified atom stereocenters. The van der Waals surface area contributed by atoms with E-state index < -0.39 is 21.6 Å². The van der Waals surface area contributed by atoms with E-state index in [1.165, 1.54) is 18.4 Å². The number of nitrogens with one attached hydrogen (secondary N) is 2. The molecule has 1 aromatic rings. The van der Waals surface area contributed by atoms with E-state index >= 15 is 0 Å². The average Bonchev–Trinajstić information content (AvgIpc) is 2.50. The molecule has 0 bridgehead atoms. The molecular weight excluding hydrogens is 482 g/mol. The first kappa shape index (κ1) is 25.0. The third-order valence-electron chi connectivity index (χ3n) is 3.35. The van der Waals surface area contributed by atoms with E-state index in [-0.39, 0.29) is 42.3 Å². The number of nitrogens with zero attached hydrogens (tertiary/aromatic N) is 1. The number of hydrogen-bond donors (Lipinski definition) is 2. The summed E-state index contributed by atoms with van der Waals surface area (Å²) < 4.78 is 60.0. The Labute approximate surface area is 169 Å². The molecule has 0 aliphatic carbocycles. The molecule has 1 rings (SSSR count). The lowest BCUT2D eigenvalue weighted by molar-refractivity contribution is -0.137. The van der Waals surface area contributed by atoms with Crippen LogP contribution in [0.1, 0.15) is 31.4 Å². The fourth-order valence-electron chi connectivity index (χ4n) is 1.99. The zero-order valence-electron chi connectivity index (χ0n) is 14.9. The van der Waals surface area contributed by atoms with Crippen molar-refractivity contribution < 1.29 is 21.6 Å². The molecule has 10 heteroatoms. The van der Waals surface area contributed by atoms with Crippen LogP contribution >= 0.6 is 24.0 Å². The van der Waals surface area contributed by atoms with Crippen LogP contribution in [0.25, 0.3) is 0 Å². The monoisotopic (exact) mass is 507 g/mol. The van der Waals surface area contributed by atoms with Crippen molar-refractivity contribution in [2.45, 2.75) is 39.0 Å². The fraction of sp³-hybridized carbons (Fsp3) is 0.562. The standard InChI is InChI=1S/C16H24F3N3O2S.HI/c1-4-20-15(22-12(2)9-10-25(3,23)24)21-11-13-5-7-14(8-6-13)16(17,18)19;/h5-8,12H,4,9-11H2,1-3H3,(H2,20,21,22);1H. The van der Waals surface area contributed by atoms with Crippen LogP contribution in [0, 0.1) is 0 Å². The van der Waals surface area contributed by atoms with E-state index in [9.17, 15) is 21.6 Å². The Bertz CT molecular complexity index is 677. The van der Waals surface area contributed by atoms with E-state index in [4.69, 9.17) is 0 Å². The number of guanidine groups is 1. The van der Waals surface area contributed by atoms with E-state index in [1.807, 2.05) is 13.8 Å². The summed E-state index contributed by atoms with van der Waals surface area (Å²) in [6.07, 6.45) is -2.74. The Morgan fingerprint density at radius 3 is 2.27 bits per heavy atom. The quantitative estimate of drug-likeness (QED) is 0.338. The number of sulfone groups is 1. The van der Waals surface area contributed by atoms with Crippen molar-refractivity contribution in [3.63, 3.8) is 0 Å². The van der Waals surface area contributed by atoms with Crippen LogP contribution in [0.2, 0.25) is 0 Å². The minimum Gasteiger partial charge on any atom is -0.357 e. The lowest BCUT2D eigenvalue weighted by Crippen LogP contribution is -2.42. The van der Waals surface area contributed by atoms with E-state index in [0.717, 1.165) is 12.1 Å². The number of halogens is 4. The van der Waals surface area contributed by atoms with Gasteiger partial charge < -0.3 is 10.6 Å². The van der Waals surface area contributed by atoms with Crippen molar-refractivity contribution in [3.8, 4) is 0 Å². The van der Waals surface area contributed by atoms with Gasteiger partial charge in [0.15, 0.2) is 5.96 Å². The summed E-state index contributed by atoms with van der Waals surface area (Å²) in [5.74, 6) is 0.558. The molecular formula is C16H25F3IN3O2S. The first-order valence-electron chi connectivity index (χ1n) is 7.90. The molecule has 0 heterocycles. The first-order valence-corrected chi connectivity index (χ1v) is 9.96. The molecule has 26 heavy (non-hydrogen) atoms. The van der Waals surface area contributed by atoms with Crippen molar-refractivity contribution in [3.05, 3.63) is 35.4 Å². The summed E-state index contributed by atoms with van der Waals surface area (Å²) in [5.41, 5.74) is -0.0475. The van der Waals surface area contributed by atoms with E-state index in [2.05, 4.69) is 15.6 Å². The Morgan fingerprint density at radius 1 is 1.23 bits per heavy atom. The molecule has 1 atom stereocenters. The summed E-state index contributed by atoms with van der Waals surface area (Å²) in [5, 5.41) is 6.12. The van der Waals surface area contributed by atoms with Gasteiger partial charge in [0.1, 0.15) is 9.84 Å². The molecule has 0 amide bonds. The summed E-state index contributed by atoms with van der Waals surface area (Å²) >= 11 is 0. The van der Waals surface area contributed by atoms with Crippen molar-refractivity contribution in [2.75, 3.05) is 18.6 Å². The summed E-state index contributed by atoms with van der Waals surface area (Å²) in [4.78, 5) is 4.32. The van der Waals surface area contributed by atoms with Gasteiger partial charge in [-0.15, -0.1) is 24.0 Å². The van der Waals surface area contributed by atoms with Gasteiger partial charge in [0, 0.05) is 18.8 Å². The van der Waals surface area contributed by atoms with Crippen molar-refractivity contribution in [1.29, 1.82) is 0 Å². The smallest absolute Gasteiger partial charge is 0.357 e. The maximum Gasteiger partial charge on any atom is 0.416 e. The highest BCUT2D eigenvalue weighted by molar-refractivity contribution is 14.0. The molecule has 0 aromatic heterocycles. The second-order valence-electron chi connectivity index (χ2n) is 5.85. The van der Waals surface area contributed by atoms with Gasteiger partial charge in [0.05, 0.1) is 17.9 Å². The maximum atomic E-state index is 12.5. The minimum atomic E-state index is -4.35. The third kappa shape index (κ3) is 10.2. The Kier molecular flexibility index (Phi) is 10.5. The fourth-order valence-corrected chi connectivity index (χ4v) is 2.77. The Morgan fingerprint density at radius 2 is 1.81 bits per heavy atom. The SMILES string of the molecule is CCNC(=NCc1ccc(C(F)(F)F)cc1)NC(C)CCS(C)(=O)=O.I. The second-order valence-corrected chi connectivity index (χ2v) is 8.11. The van der Waals surface area contributed by atoms with Gasteiger partial charge in [0.2, 0.25) is 0 Å². The molecule has 0 radical (unpaired) electrons. The molecule has 150 valence electrons. The molecule has 0 saturated heterocycles. The van der Waals surface area contributed by atoms with Crippen LogP contribution in [0.5, 0.6) is 0 Å². The predicted molar refractivity (Wildman–Crippen MR) is 109 cm³/mol. The normalized spacial score (nSPS) is 13.7. The summed E-state index contributed by atoms with van der Waals surface area (Å²) in [7, 11) is -3.03. The summed E-state index contributed by atoms with van der Waals surface area (Å²) in [6, 6.07) is 4.73. The van der Waals surface area contributed by atoms with E-state index in [0.29, 0.717) is 24.5 Å². The number of benzene rings is 1. The highest BCUT2D eigenvalue weighted by atomic mass is 127. The molecule has 0 spiro atoms. The molecule has 0 saturated carbocycles. The van der Waals surface area contributed by atoms with Crippen LogP contribution in [-0.2, 0) is 22.6 Å². The van der Waals surface area contributed by atoms with Gasteiger partial charge in [-0.2, -0.15) is 13.2 Å². The van der Waals surface area contributed by atoms with Crippen LogP contribution < -0.4 is 10.6 Å². The molecule has 0 aliphatic rings. The highest BCUT2D eigenvalue weighted by Gasteiger charge is 2.29. The number of rotatable bonds is 7. The number of aliphatic imine (C=N–C) groups is 1. The molecule has 0 aliphatic heterocycles. The molecule has 2 N–H and O–H groups in total. The van der Waals surface area contributed by atoms with Gasteiger partial charge in [-0.05, 0) is 38.0 Å². The van der Waals surface area contributed by atoms with Gasteiger partial charge in [-0.1, -0.05) is 12.1 Å². The Hall–Kier alpha value is -1.04. The molecule has 5 nitrogen and oxygen atoms in total. The molecule has 1 aromatic carbocycles. The zero-order valence-corrected chi connectivity index (χ0v) is 18.1. The van der Waals surface area contributed by atoms with Gasteiger partial charge in [-0.3, -0.25) is 0 Å². The maximum absolute atomic E-state index is 12.5. The van der Waals surface area contributed by atoms with Crippen molar-refractivity contribution in [2.24, 2.45) is 4.99 Å². The summed E-state index contributed by atoms with van der Waals surface area (Å²) in [6.45, 7) is 4.55. The lowest BCUT2D eigenvalue weighted by atomic mass is 10.1. The van der Waals surface area contributed by atoms with Crippen molar-refractivity contribution in [1.82, 2.24) is 10.6 Å². The Balaban J connectivity index is 0.00000625. The van der Waals surface area contributed by atoms with Crippen molar-refractivity contribution >= 4 is 39.8 Å². The number of hydrogen-bond acceptors (Lipinski definition) is 3. The van der Waals surface area contributed by atoms with Crippen LogP contribution in [0.3, 0.4) is 0 Å². The number of alkyl halides is 3. The minimum absolute atomic E-state index is 0. The predicted octanol–water partition coefficient (Wildman–Crippen LogP) is 3.20. The van der Waals surface area contributed by atoms with E-state index in [1.54, 1.807) is 0 Å². The highest BCUT2D eigenvalue weighted by Crippen LogP contribution is 2.29. The van der Waals surface area contributed by atoms with Crippen LogP contribution in [0.4, 0.5) is 13.2 Å². The zero-order chi connectivity index (χ0) is 19.1. The van der Waals surface area contributed by atoms with Gasteiger partial charge in [-0.25, -0.2) is 13.4 Å². The van der Waals surface area contributed by atoms with Gasteiger partial charge in [0.25, 0.3) is 0 Å². The second kappa shape index (κ2) is 11.0. The average molecular weight is 507 g/mol. The topological polar surface area (TPSA) is 70.6 Å². The molecule has 0 fully saturated rings. The van der Waals surface area contributed by atoms with Gasteiger partial charge >= 0.3 is 6.18 Å². The lowest BCUT2D eigenvalue weighted by Gasteiger charge is -2.17. The van der Waals surface area contributed by atoms with Crippen LogP contribution in [-0.4, -0.2) is 39.0 Å².